The molecule has 1 atom stereocenters. The van der Waals surface area contributed by atoms with Crippen molar-refractivity contribution in [3.63, 3.8) is 0 Å². The van der Waals surface area contributed by atoms with Crippen LogP contribution in [-0.2, 0) is 4.79 Å². The van der Waals surface area contributed by atoms with Crippen molar-refractivity contribution >= 4 is 34.5 Å². The van der Waals surface area contributed by atoms with Crippen molar-refractivity contribution in [2.24, 2.45) is 5.84 Å². The molecule has 5 nitrogen and oxygen atoms in total. The molecular weight excluding hydrogens is 294 g/mol. The maximum Gasteiger partial charge on any atom is 0.257 e. The molecule has 0 spiro atoms. The fourth-order valence-electron chi connectivity index (χ4n) is 2.55. The van der Waals surface area contributed by atoms with Crippen molar-refractivity contribution in [2.45, 2.75) is 5.92 Å². The third kappa shape index (κ3) is 1.45. The Morgan fingerprint density at radius 3 is 2.90 bits per heavy atom. The summed E-state index contributed by atoms with van der Waals surface area (Å²) in [6.45, 7) is 0. The van der Waals surface area contributed by atoms with E-state index < -0.39 is 5.92 Å². The lowest BCUT2D eigenvalue weighted by atomic mass is 9.94. The fourth-order valence-corrected chi connectivity index (χ4v) is 4.55. The number of nitrogens with two attached hydrogens (primary N) is 1. The van der Waals surface area contributed by atoms with E-state index in [1.165, 1.54) is 17.5 Å². The highest BCUT2D eigenvalue weighted by Gasteiger charge is 2.42. The molecule has 0 saturated heterocycles. The summed E-state index contributed by atoms with van der Waals surface area (Å²) < 4.78 is 0. The average Bonchev–Trinajstić information content (AvgIpc) is 3.10. The minimum atomic E-state index is -0.466. The van der Waals surface area contributed by atoms with Gasteiger partial charge in [-0.2, -0.15) is 0 Å². The van der Waals surface area contributed by atoms with Crippen LogP contribution in [0.15, 0.2) is 34.8 Å². The average molecular weight is 303 g/mol. The molecule has 2 aliphatic heterocycles. The molecule has 0 fully saturated rings. The molecule has 100 valence electrons. The first-order valence-corrected chi connectivity index (χ1v) is 7.69. The number of nitrogens with one attached hydrogen (secondary N) is 1. The van der Waals surface area contributed by atoms with Crippen molar-refractivity contribution < 1.29 is 9.59 Å². The molecule has 2 aliphatic rings. The maximum absolute atomic E-state index is 12.3. The standard InChI is InChI=1S/C13H9N3O2S2/c14-16-4-7-10(13(16)18)11-9(12(17)15-7)6(5-20-11)8-2-1-3-19-8/h1-5,10H,14H2,(H,15,17). The van der Waals surface area contributed by atoms with Crippen LogP contribution < -0.4 is 11.2 Å². The van der Waals surface area contributed by atoms with Crippen LogP contribution in [0.2, 0.25) is 0 Å². The second kappa shape index (κ2) is 4.02. The maximum atomic E-state index is 12.3. The Bertz CT molecular complexity index is 761. The molecule has 20 heavy (non-hydrogen) atoms. The Labute approximate surface area is 122 Å². The Morgan fingerprint density at radius 1 is 1.30 bits per heavy atom. The van der Waals surface area contributed by atoms with E-state index in [9.17, 15) is 9.59 Å². The minimum absolute atomic E-state index is 0.171. The molecule has 0 aliphatic carbocycles. The highest BCUT2D eigenvalue weighted by Crippen LogP contribution is 2.44. The number of nitrogens with zero attached hydrogens (tertiary/aromatic N) is 1. The van der Waals surface area contributed by atoms with Crippen LogP contribution in [-0.4, -0.2) is 16.8 Å². The predicted octanol–water partition coefficient (Wildman–Crippen LogP) is 1.86. The first-order chi connectivity index (χ1) is 9.66. The second-order valence-corrected chi connectivity index (χ2v) is 6.44. The monoisotopic (exact) mass is 303 g/mol. The van der Waals surface area contributed by atoms with Crippen LogP contribution in [0.25, 0.3) is 10.4 Å². The van der Waals surface area contributed by atoms with Crippen molar-refractivity contribution in [1.29, 1.82) is 0 Å². The smallest absolute Gasteiger partial charge is 0.257 e. The number of fused-ring (bicyclic) bond motifs is 3. The van der Waals surface area contributed by atoms with Crippen molar-refractivity contribution in [3.05, 3.63) is 45.2 Å². The van der Waals surface area contributed by atoms with E-state index in [0.717, 1.165) is 20.3 Å². The van der Waals surface area contributed by atoms with Crippen LogP contribution in [0.1, 0.15) is 21.2 Å². The van der Waals surface area contributed by atoms with Gasteiger partial charge in [0, 0.05) is 26.9 Å². The number of thiophene rings is 2. The van der Waals surface area contributed by atoms with E-state index >= 15 is 0 Å². The molecule has 4 heterocycles. The first-order valence-electron chi connectivity index (χ1n) is 5.93. The van der Waals surface area contributed by atoms with Crippen molar-refractivity contribution in [3.8, 4) is 10.4 Å². The van der Waals surface area contributed by atoms with Gasteiger partial charge in [0.2, 0.25) is 0 Å². The first kappa shape index (κ1) is 11.8. The quantitative estimate of drug-likeness (QED) is 0.624. The van der Waals surface area contributed by atoms with E-state index in [-0.39, 0.29) is 11.8 Å². The molecule has 0 bridgehead atoms. The number of rotatable bonds is 1. The summed E-state index contributed by atoms with van der Waals surface area (Å²) in [5.74, 6) is 4.76. The van der Waals surface area contributed by atoms with Gasteiger partial charge in [-0.15, -0.1) is 22.7 Å². The summed E-state index contributed by atoms with van der Waals surface area (Å²) >= 11 is 3.01. The van der Waals surface area contributed by atoms with Gasteiger partial charge in [0.1, 0.15) is 5.92 Å². The van der Waals surface area contributed by atoms with Gasteiger partial charge < -0.3 is 5.32 Å². The van der Waals surface area contributed by atoms with Gasteiger partial charge >= 0.3 is 0 Å². The summed E-state index contributed by atoms with van der Waals surface area (Å²) in [7, 11) is 0. The Balaban J connectivity index is 1.92. The summed E-state index contributed by atoms with van der Waals surface area (Å²) in [4.78, 5) is 26.2. The zero-order chi connectivity index (χ0) is 13.9. The third-order valence-corrected chi connectivity index (χ3v) is 5.39. The van der Waals surface area contributed by atoms with Gasteiger partial charge in [-0.05, 0) is 11.4 Å². The van der Waals surface area contributed by atoms with Gasteiger partial charge in [-0.3, -0.25) is 14.6 Å². The second-order valence-electron chi connectivity index (χ2n) is 4.58. The molecule has 0 aromatic carbocycles. The predicted molar refractivity (Wildman–Crippen MR) is 77.0 cm³/mol. The molecule has 4 rings (SSSR count). The van der Waals surface area contributed by atoms with E-state index in [1.54, 1.807) is 11.3 Å². The highest BCUT2D eigenvalue weighted by atomic mass is 32.1. The molecule has 3 N–H and O–H groups in total. The topological polar surface area (TPSA) is 75.4 Å². The van der Waals surface area contributed by atoms with Crippen molar-refractivity contribution in [1.82, 2.24) is 10.3 Å². The number of carbonyl (C=O) groups is 2. The van der Waals surface area contributed by atoms with Crippen LogP contribution in [0.5, 0.6) is 0 Å². The summed E-state index contributed by atoms with van der Waals surface area (Å²) in [5, 5.41) is 7.72. The van der Waals surface area contributed by atoms with E-state index in [0.29, 0.717) is 11.3 Å². The zero-order valence-electron chi connectivity index (χ0n) is 10.1. The molecule has 2 aromatic heterocycles. The van der Waals surface area contributed by atoms with Crippen LogP contribution >= 0.6 is 22.7 Å². The van der Waals surface area contributed by atoms with Gasteiger partial charge in [-0.25, -0.2) is 5.84 Å². The van der Waals surface area contributed by atoms with E-state index in [2.05, 4.69) is 5.32 Å². The molecule has 0 radical (unpaired) electrons. The van der Waals surface area contributed by atoms with Crippen LogP contribution in [0.3, 0.4) is 0 Å². The molecular formula is C13H9N3O2S2. The largest absolute Gasteiger partial charge is 0.323 e. The van der Waals surface area contributed by atoms with Crippen molar-refractivity contribution in [2.75, 3.05) is 0 Å². The zero-order valence-corrected chi connectivity index (χ0v) is 11.8. The lowest BCUT2D eigenvalue weighted by molar-refractivity contribution is -0.128. The number of hydrogen-bond acceptors (Lipinski definition) is 5. The highest BCUT2D eigenvalue weighted by molar-refractivity contribution is 7.15. The number of amides is 2. The lowest BCUT2D eigenvalue weighted by Crippen LogP contribution is -2.35. The number of hydrogen-bond donors (Lipinski definition) is 2. The SMILES string of the molecule is NN1C=C2NC(=O)c3c(-c4cccs4)csc3C2C1=O. The van der Waals surface area contributed by atoms with Gasteiger partial charge in [-0.1, -0.05) is 6.07 Å². The Kier molecular flexibility index (Phi) is 2.38. The third-order valence-electron chi connectivity index (χ3n) is 3.44. The molecule has 0 saturated carbocycles. The fraction of sp³-hybridized carbons (Fsp3) is 0.0769. The Morgan fingerprint density at radius 2 is 2.15 bits per heavy atom. The summed E-state index contributed by atoms with van der Waals surface area (Å²) in [6.07, 6.45) is 1.48. The number of hydrazine groups is 1. The summed E-state index contributed by atoms with van der Waals surface area (Å²) in [6, 6.07) is 3.91. The number of carbonyl (C=O) groups excluding carboxylic acids is 2. The molecule has 1 unspecified atom stereocenters. The molecule has 2 amide bonds. The van der Waals surface area contributed by atoms with Gasteiger partial charge in [0.25, 0.3) is 11.8 Å². The minimum Gasteiger partial charge on any atom is -0.323 e. The lowest BCUT2D eigenvalue weighted by Gasteiger charge is -2.20. The Hall–Kier alpha value is -1.96. The normalized spacial score (nSPS) is 20.6. The van der Waals surface area contributed by atoms with Crippen LogP contribution in [0.4, 0.5) is 0 Å². The summed E-state index contributed by atoms with van der Waals surface area (Å²) in [5.41, 5.74) is 2.05. The van der Waals surface area contributed by atoms with E-state index in [1.807, 2.05) is 22.9 Å². The molecule has 7 heteroatoms. The van der Waals surface area contributed by atoms with E-state index in [4.69, 9.17) is 5.84 Å². The van der Waals surface area contributed by atoms with Gasteiger partial charge in [0.15, 0.2) is 0 Å². The van der Waals surface area contributed by atoms with Gasteiger partial charge in [0.05, 0.1) is 11.3 Å². The molecule has 2 aromatic rings. The van der Waals surface area contributed by atoms with Crippen LogP contribution in [0, 0.1) is 0 Å².